The average molecular weight is 412 g/mol. The van der Waals surface area contributed by atoms with Crippen LogP contribution in [0.1, 0.15) is 17.0 Å². The molecule has 4 aromatic rings. The van der Waals surface area contributed by atoms with Crippen molar-refractivity contribution in [1.82, 2.24) is 19.9 Å². The molecule has 0 aliphatic rings. The maximum absolute atomic E-state index is 12.9. The fourth-order valence-corrected chi connectivity index (χ4v) is 2.84. The maximum atomic E-state index is 12.9. The van der Waals surface area contributed by atoms with E-state index >= 15 is 0 Å². The molecule has 0 atom stereocenters. The first-order valence-electron chi connectivity index (χ1n) is 8.95. The lowest BCUT2D eigenvalue weighted by Crippen LogP contribution is -2.23. The quantitative estimate of drug-likeness (QED) is 0.499. The number of aryl methyl sites for hydroxylation is 1. The highest BCUT2D eigenvalue weighted by atomic mass is 19.4. The van der Waals surface area contributed by atoms with Gasteiger partial charge in [-0.05, 0) is 25.1 Å². The zero-order valence-electron chi connectivity index (χ0n) is 15.7. The third kappa shape index (κ3) is 4.14. The number of benzene rings is 2. The lowest BCUT2D eigenvalue weighted by atomic mass is 10.1. The van der Waals surface area contributed by atoms with Crippen LogP contribution < -0.4 is 5.56 Å². The Morgan fingerprint density at radius 1 is 1.00 bits per heavy atom. The van der Waals surface area contributed by atoms with Crippen molar-refractivity contribution >= 4 is 0 Å². The van der Waals surface area contributed by atoms with Crippen LogP contribution in [-0.4, -0.2) is 19.9 Å². The Bertz CT molecular complexity index is 1240. The smallest absolute Gasteiger partial charge is 0.337 e. The van der Waals surface area contributed by atoms with Crippen molar-refractivity contribution in [3.8, 4) is 22.6 Å². The van der Waals surface area contributed by atoms with Crippen molar-refractivity contribution in [3.63, 3.8) is 0 Å². The summed E-state index contributed by atoms with van der Waals surface area (Å²) in [6.07, 6.45) is -4.48. The molecule has 2 heterocycles. The Morgan fingerprint density at radius 3 is 2.50 bits per heavy atom. The molecule has 6 nitrogen and oxygen atoms in total. The van der Waals surface area contributed by atoms with Crippen LogP contribution in [0, 0.1) is 6.92 Å². The Hall–Kier alpha value is -3.75. The molecule has 9 heteroatoms. The van der Waals surface area contributed by atoms with Gasteiger partial charge in [-0.15, -0.1) is 0 Å². The van der Waals surface area contributed by atoms with E-state index < -0.39 is 11.7 Å². The lowest BCUT2D eigenvalue weighted by Gasteiger charge is -2.06. The molecule has 0 aliphatic heterocycles. The zero-order chi connectivity index (χ0) is 21.3. The summed E-state index contributed by atoms with van der Waals surface area (Å²) in [6, 6.07) is 15.3. The van der Waals surface area contributed by atoms with E-state index in [9.17, 15) is 18.0 Å². The van der Waals surface area contributed by atoms with Crippen LogP contribution in [0.15, 0.2) is 70.0 Å². The number of hydrogen-bond acceptors (Lipinski definition) is 5. The molecular weight excluding hydrogens is 397 g/mol. The number of alkyl halides is 3. The van der Waals surface area contributed by atoms with Crippen molar-refractivity contribution in [2.75, 3.05) is 0 Å². The summed E-state index contributed by atoms with van der Waals surface area (Å²) in [5.74, 6) is 0.0527. The second kappa shape index (κ2) is 7.58. The van der Waals surface area contributed by atoms with Crippen LogP contribution in [0.5, 0.6) is 0 Å². The van der Waals surface area contributed by atoms with Crippen LogP contribution in [0.3, 0.4) is 0 Å². The zero-order valence-corrected chi connectivity index (χ0v) is 15.7. The highest BCUT2D eigenvalue weighted by Gasteiger charge is 2.30. The SMILES string of the molecule is Cc1ccc(-c2ccc(=O)n(Cc3nc(-c4cccc(C(F)(F)F)c4)no3)n2)cc1. The van der Waals surface area contributed by atoms with Crippen molar-refractivity contribution < 1.29 is 17.7 Å². The summed E-state index contributed by atoms with van der Waals surface area (Å²) in [5, 5.41) is 8.05. The van der Waals surface area contributed by atoms with Gasteiger partial charge >= 0.3 is 6.18 Å². The number of aromatic nitrogens is 4. The van der Waals surface area contributed by atoms with E-state index in [1.807, 2.05) is 31.2 Å². The van der Waals surface area contributed by atoms with Gasteiger partial charge in [0.05, 0.1) is 11.3 Å². The predicted octanol–water partition coefficient (Wildman–Crippen LogP) is 4.34. The topological polar surface area (TPSA) is 73.8 Å². The van der Waals surface area contributed by atoms with E-state index in [0.717, 1.165) is 23.3 Å². The van der Waals surface area contributed by atoms with Crippen molar-refractivity contribution in [3.05, 3.63) is 88.0 Å². The summed E-state index contributed by atoms with van der Waals surface area (Å²) in [6.45, 7) is 1.86. The molecule has 152 valence electrons. The number of hydrogen-bond donors (Lipinski definition) is 0. The Morgan fingerprint density at radius 2 is 1.77 bits per heavy atom. The Kier molecular flexibility index (Phi) is 4.94. The van der Waals surface area contributed by atoms with Gasteiger partial charge in [0.1, 0.15) is 6.54 Å². The van der Waals surface area contributed by atoms with Crippen molar-refractivity contribution in [2.45, 2.75) is 19.6 Å². The van der Waals surface area contributed by atoms with Gasteiger partial charge in [-0.1, -0.05) is 47.1 Å². The van der Waals surface area contributed by atoms with Crippen LogP contribution >= 0.6 is 0 Å². The molecule has 0 bridgehead atoms. The average Bonchev–Trinajstić information content (AvgIpc) is 3.18. The number of halogens is 3. The molecule has 0 saturated carbocycles. The second-order valence-electron chi connectivity index (χ2n) is 6.67. The minimum Gasteiger partial charge on any atom is -0.337 e. The largest absolute Gasteiger partial charge is 0.416 e. The molecule has 2 aromatic heterocycles. The predicted molar refractivity (Wildman–Crippen MR) is 103 cm³/mol. The third-order valence-corrected chi connectivity index (χ3v) is 4.42. The Labute approximate surface area is 168 Å². The number of nitrogens with zero attached hydrogens (tertiary/aromatic N) is 4. The summed E-state index contributed by atoms with van der Waals surface area (Å²) in [4.78, 5) is 16.3. The van der Waals surface area contributed by atoms with Gasteiger partial charge in [0, 0.05) is 17.2 Å². The normalized spacial score (nSPS) is 11.6. The molecule has 0 fully saturated rings. The van der Waals surface area contributed by atoms with Gasteiger partial charge in [0.15, 0.2) is 0 Å². The summed E-state index contributed by atoms with van der Waals surface area (Å²) in [5.41, 5.74) is 1.50. The third-order valence-electron chi connectivity index (χ3n) is 4.42. The molecule has 0 spiro atoms. The lowest BCUT2D eigenvalue weighted by molar-refractivity contribution is -0.137. The van der Waals surface area contributed by atoms with Crippen LogP contribution in [-0.2, 0) is 12.7 Å². The van der Waals surface area contributed by atoms with Crippen molar-refractivity contribution in [2.24, 2.45) is 0 Å². The van der Waals surface area contributed by atoms with Crippen LogP contribution in [0.2, 0.25) is 0 Å². The van der Waals surface area contributed by atoms with Gasteiger partial charge < -0.3 is 4.52 Å². The summed E-state index contributed by atoms with van der Waals surface area (Å²) >= 11 is 0. The molecule has 4 rings (SSSR count). The standard InChI is InChI=1S/C21H15F3N4O2/c1-13-5-7-14(8-6-13)17-9-10-19(29)28(26-17)12-18-25-20(27-30-18)15-3-2-4-16(11-15)21(22,23)24/h2-11H,12H2,1H3. The number of rotatable bonds is 4. The van der Waals surface area contributed by atoms with Crippen molar-refractivity contribution in [1.29, 1.82) is 0 Å². The van der Waals surface area contributed by atoms with Gasteiger partial charge in [0.25, 0.3) is 5.56 Å². The molecular formula is C21H15F3N4O2. The fraction of sp³-hybridized carbons (Fsp3) is 0.143. The van der Waals surface area contributed by atoms with E-state index in [1.165, 1.54) is 22.9 Å². The summed E-state index contributed by atoms with van der Waals surface area (Å²) < 4.78 is 45.0. The minimum absolute atomic E-state index is 0.00108. The fourth-order valence-electron chi connectivity index (χ4n) is 2.84. The van der Waals surface area contributed by atoms with Gasteiger partial charge in [-0.2, -0.15) is 23.3 Å². The van der Waals surface area contributed by atoms with Crippen LogP contribution in [0.25, 0.3) is 22.6 Å². The first-order valence-corrected chi connectivity index (χ1v) is 8.95. The highest BCUT2D eigenvalue weighted by molar-refractivity contribution is 5.58. The van der Waals surface area contributed by atoms with Gasteiger partial charge in [-0.25, -0.2) is 4.68 Å². The molecule has 0 aliphatic carbocycles. The van der Waals surface area contributed by atoms with Gasteiger partial charge in [-0.3, -0.25) is 4.79 Å². The summed E-state index contributed by atoms with van der Waals surface area (Å²) in [7, 11) is 0. The minimum atomic E-state index is -4.48. The maximum Gasteiger partial charge on any atom is 0.416 e. The van der Waals surface area contributed by atoms with E-state index in [1.54, 1.807) is 6.07 Å². The van der Waals surface area contributed by atoms with Gasteiger partial charge in [0.2, 0.25) is 11.7 Å². The Balaban J connectivity index is 1.61. The van der Waals surface area contributed by atoms with E-state index in [4.69, 9.17) is 4.52 Å². The first kappa shape index (κ1) is 19.6. The molecule has 30 heavy (non-hydrogen) atoms. The molecule has 0 amide bonds. The highest BCUT2D eigenvalue weighted by Crippen LogP contribution is 2.31. The molecule has 0 saturated heterocycles. The molecule has 0 unspecified atom stereocenters. The van der Waals surface area contributed by atoms with E-state index in [0.29, 0.717) is 5.69 Å². The molecule has 0 N–H and O–H groups in total. The van der Waals surface area contributed by atoms with Crippen LogP contribution in [0.4, 0.5) is 13.2 Å². The monoisotopic (exact) mass is 412 g/mol. The molecule has 0 radical (unpaired) electrons. The first-order chi connectivity index (χ1) is 14.3. The second-order valence-corrected chi connectivity index (χ2v) is 6.67. The molecule has 2 aromatic carbocycles. The van der Waals surface area contributed by atoms with E-state index in [2.05, 4.69) is 15.2 Å². The van der Waals surface area contributed by atoms with E-state index in [-0.39, 0.29) is 29.4 Å².